The van der Waals surface area contributed by atoms with E-state index in [4.69, 9.17) is 4.42 Å². The van der Waals surface area contributed by atoms with Crippen molar-refractivity contribution in [3.63, 3.8) is 0 Å². The van der Waals surface area contributed by atoms with Crippen LogP contribution in [-0.4, -0.2) is 68.6 Å². The molecule has 0 bridgehead atoms. The first-order chi connectivity index (χ1) is 16.2. The van der Waals surface area contributed by atoms with Gasteiger partial charge in [0, 0.05) is 24.7 Å². The summed E-state index contributed by atoms with van der Waals surface area (Å²) in [5.74, 6) is -3.04. The maximum absolute atomic E-state index is 12.7. The third-order valence-corrected chi connectivity index (χ3v) is 6.39. The van der Waals surface area contributed by atoms with E-state index in [1.54, 1.807) is 4.90 Å². The van der Waals surface area contributed by atoms with Crippen LogP contribution >= 0.6 is 11.8 Å². The van der Waals surface area contributed by atoms with Crippen LogP contribution < -0.4 is 0 Å². The highest BCUT2D eigenvalue weighted by Crippen LogP contribution is 2.33. The van der Waals surface area contributed by atoms with E-state index < -0.39 is 23.1 Å². The molecule has 3 heterocycles. The number of benzene rings is 1. The van der Waals surface area contributed by atoms with Crippen molar-refractivity contribution in [1.82, 2.24) is 9.80 Å². The number of amides is 3. The molecule has 0 atom stereocenters. The van der Waals surface area contributed by atoms with E-state index in [-0.39, 0.29) is 45.6 Å². The molecular formula is C23H20N2O8S. The summed E-state index contributed by atoms with van der Waals surface area (Å²) in [5, 5.41) is 17.9. The summed E-state index contributed by atoms with van der Waals surface area (Å²) in [6.07, 6.45) is 4.21. The van der Waals surface area contributed by atoms with Crippen LogP contribution in [0.3, 0.4) is 0 Å². The van der Waals surface area contributed by atoms with Gasteiger partial charge >= 0.3 is 11.9 Å². The Morgan fingerprint density at radius 3 is 2.24 bits per heavy atom. The summed E-state index contributed by atoms with van der Waals surface area (Å²) in [5.41, 5.74) is -0.197. The Morgan fingerprint density at radius 2 is 1.62 bits per heavy atom. The first-order valence-electron chi connectivity index (χ1n) is 10.5. The van der Waals surface area contributed by atoms with Crippen molar-refractivity contribution in [2.75, 3.05) is 19.6 Å². The minimum atomic E-state index is -1.29. The number of carboxylic acids is 2. The molecule has 2 aliphatic rings. The van der Waals surface area contributed by atoms with Gasteiger partial charge in [0.25, 0.3) is 11.1 Å². The predicted octanol–water partition coefficient (Wildman–Crippen LogP) is 3.39. The van der Waals surface area contributed by atoms with Gasteiger partial charge in [-0.3, -0.25) is 19.3 Å². The summed E-state index contributed by atoms with van der Waals surface area (Å²) >= 11 is 0.695. The third kappa shape index (κ3) is 4.88. The molecule has 0 aliphatic carbocycles. The number of hydrogen-bond acceptors (Lipinski definition) is 7. The maximum Gasteiger partial charge on any atom is 0.335 e. The lowest BCUT2D eigenvalue weighted by Gasteiger charge is -2.27. The molecule has 4 rings (SSSR count). The molecule has 0 saturated carbocycles. The van der Waals surface area contributed by atoms with Crippen LogP contribution in [0, 0.1) is 0 Å². The zero-order chi connectivity index (χ0) is 24.4. The summed E-state index contributed by atoms with van der Waals surface area (Å²) in [7, 11) is 0. The van der Waals surface area contributed by atoms with E-state index in [9.17, 15) is 34.2 Å². The molecule has 3 amide bonds. The summed E-state index contributed by atoms with van der Waals surface area (Å²) in [6.45, 7) is 0.921. The van der Waals surface area contributed by atoms with Crippen LogP contribution in [0.4, 0.5) is 4.79 Å². The predicted molar refractivity (Wildman–Crippen MR) is 121 cm³/mol. The van der Waals surface area contributed by atoms with Gasteiger partial charge in [-0.1, -0.05) is 0 Å². The molecule has 0 unspecified atom stereocenters. The fourth-order valence-corrected chi connectivity index (χ4v) is 4.56. The number of nitrogens with zero attached hydrogens (tertiary/aromatic N) is 2. The molecule has 0 radical (unpaired) electrons. The highest BCUT2D eigenvalue weighted by molar-refractivity contribution is 8.18. The van der Waals surface area contributed by atoms with Gasteiger partial charge < -0.3 is 19.5 Å². The van der Waals surface area contributed by atoms with Gasteiger partial charge in [-0.25, -0.2) is 9.59 Å². The Morgan fingerprint density at radius 1 is 0.971 bits per heavy atom. The van der Waals surface area contributed by atoms with Crippen molar-refractivity contribution >= 4 is 46.8 Å². The van der Waals surface area contributed by atoms with Gasteiger partial charge in [-0.05, 0) is 61.4 Å². The van der Waals surface area contributed by atoms with Crippen LogP contribution in [-0.2, 0) is 9.59 Å². The summed E-state index contributed by atoms with van der Waals surface area (Å²) in [4.78, 5) is 62.9. The number of thioether (sulfide) groups is 1. The van der Waals surface area contributed by atoms with Crippen molar-refractivity contribution in [2.45, 2.75) is 19.3 Å². The van der Waals surface area contributed by atoms with Crippen LogP contribution in [0.2, 0.25) is 0 Å². The van der Waals surface area contributed by atoms with Gasteiger partial charge in [0.2, 0.25) is 5.91 Å². The molecule has 2 fully saturated rings. The molecule has 0 spiro atoms. The Bertz CT molecular complexity index is 1190. The van der Waals surface area contributed by atoms with Crippen molar-refractivity contribution in [2.24, 2.45) is 0 Å². The molecular weight excluding hydrogens is 464 g/mol. The molecule has 176 valence electrons. The van der Waals surface area contributed by atoms with E-state index in [2.05, 4.69) is 0 Å². The van der Waals surface area contributed by atoms with Gasteiger partial charge in [-0.2, -0.15) is 0 Å². The van der Waals surface area contributed by atoms with Crippen LogP contribution in [0.25, 0.3) is 17.4 Å². The van der Waals surface area contributed by atoms with Crippen molar-refractivity contribution < 1.29 is 38.6 Å². The van der Waals surface area contributed by atoms with Crippen LogP contribution in [0.1, 0.15) is 45.7 Å². The lowest BCUT2D eigenvalue weighted by Crippen LogP contribution is -2.44. The second-order valence-corrected chi connectivity index (χ2v) is 8.81. The highest BCUT2D eigenvalue weighted by Gasteiger charge is 2.37. The largest absolute Gasteiger partial charge is 0.478 e. The number of carboxylic acid groups (broad SMARTS) is 2. The lowest BCUT2D eigenvalue weighted by molar-refractivity contribution is -0.136. The minimum Gasteiger partial charge on any atom is -0.478 e. The normalized spacial score (nSPS) is 17.5. The molecule has 11 heteroatoms. The van der Waals surface area contributed by atoms with E-state index in [0.29, 0.717) is 24.9 Å². The second-order valence-electron chi connectivity index (χ2n) is 7.82. The monoisotopic (exact) mass is 484 g/mol. The zero-order valence-corrected chi connectivity index (χ0v) is 18.7. The fourth-order valence-electron chi connectivity index (χ4n) is 3.75. The van der Waals surface area contributed by atoms with Crippen molar-refractivity contribution in [3.05, 3.63) is 52.1 Å². The van der Waals surface area contributed by atoms with Crippen LogP contribution in [0.15, 0.2) is 39.7 Å². The fraction of sp³-hybridized carbons (Fsp3) is 0.261. The molecule has 10 nitrogen and oxygen atoms in total. The number of imide groups is 1. The van der Waals surface area contributed by atoms with Crippen LogP contribution in [0.5, 0.6) is 0 Å². The lowest BCUT2D eigenvalue weighted by atomic mass is 10.0. The first kappa shape index (κ1) is 23.3. The number of rotatable bonds is 6. The molecule has 1 aromatic heterocycles. The molecule has 2 aliphatic heterocycles. The first-order valence-corrected chi connectivity index (χ1v) is 11.3. The molecule has 2 aromatic rings. The van der Waals surface area contributed by atoms with Gasteiger partial charge in [0.05, 0.1) is 16.0 Å². The minimum absolute atomic E-state index is 0.0860. The molecule has 2 N–H and O–H groups in total. The Balaban J connectivity index is 1.53. The Hall–Kier alpha value is -3.86. The third-order valence-electron chi connectivity index (χ3n) is 5.49. The topological polar surface area (TPSA) is 145 Å². The van der Waals surface area contributed by atoms with Crippen molar-refractivity contribution in [1.29, 1.82) is 0 Å². The smallest absolute Gasteiger partial charge is 0.335 e. The number of hydrogen-bond donors (Lipinski definition) is 2. The molecule has 34 heavy (non-hydrogen) atoms. The van der Waals surface area contributed by atoms with E-state index in [1.165, 1.54) is 30.3 Å². The average Bonchev–Trinajstić information content (AvgIpc) is 3.39. The quantitative estimate of drug-likeness (QED) is 0.589. The standard InChI is InChI=1S/C23H20N2O8S/c26-19(24-6-2-1-3-7-24)12-25-20(27)18(34-23(25)32)11-16-4-5-17(33-16)13-8-14(21(28)29)10-15(9-13)22(30)31/h4-5,8-11H,1-3,6-7,12H2,(H,28,29)(H,30,31)/b18-11+. The van der Waals surface area contributed by atoms with E-state index >= 15 is 0 Å². The molecule has 1 aromatic carbocycles. The number of carbonyl (C=O) groups is 5. The van der Waals surface area contributed by atoms with Gasteiger partial charge in [-0.15, -0.1) is 0 Å². The SMILES string of the molecule is O=C(O)c1cc(C(=O)O)cc(-c2ccc(/C=C3/SC(=O)N(CC(=O)N4CCCCC4)C3=O)o2)c1. The molecule has 2 saturated heterocycles. The zero-order valence-electron chi connectivity index (χ0n) is 17.9. The Labute approximate surface area is 197 Å². The number of likely N-dealkylation sites (tertiary alicyclic amines) is 1. The summed E-state index contributed by atoms with van der Waals surface area (Å²) < 4.78 is 5.66. The van der Waals surface area contributed by atoms with Gasteiger partial charge in [0.1, 0.15) is 18.1 Å². The number of piperidine rings is 1. The Kier molecular flexibility index (Phi) is 6.55. The summed E-state index contributed by atoms with van der Waals surface area (Å²) in [6, 6.07) is 6.60. The van der Waals surface area contributed by atoms with Gasteiger partial charge in [0.15, 0.2) is 0 Å². The number of aromatic carboxylic acids is 2. The van der Waals surface area contributed by atoms with Crippen molar-refractivity contribution in [3.8, 4) is 11.3 Å². The van der Waals surface area contributed by atoms with E-state index in [0.717, 1.165) is 30.2 Å². The average molecular weight is 484 g/mol. The highest BCUT2D eigenvalue weighted by atomic mass is 32.2. The number of carbonyl (C=O) groups excluding carboxylic acids is 3. The second kappa shape index (κ2) is 9.56. The van der Waals surface area contributed by atoms with E-state index in [1.807, 2.05) is 0 Å². The number of furan rings is 1. The maximum atomic E-state index is 12.7.